The first kappa shape index (κ1) is 21.5. The molecule has 2 aliphatic rings. The van der Waals surface area contributed by atoms with Crippen LogP contribution in [0.5, 0.6) is 0 Å². The maximum atomic E-state index is 13.0. The van der Waals surface area contributed by atoms with Gasteiger partial charge in [-0.25, -0.2) is 4.98 Å². The number of likely N-dealkylation sites (tertiary alicyclic amines) is 1. The van der Waals surface area contributed by atoms with E-state index >= 15 is 0 Å². The Bertz CT molecular complexity index is 766. The maximum Gasteiger partial charge on any atom is 0.265 e. The highest BCUT2D eigenvalue weighted by Gasteiger charge is 2.32. The summed E-state index contributed by atoms with van der Waals surface area (Å²) < 4.78 is 0. The van der Waals surface area contributed by atoms with Crippen LogP contribution in [0.25, 0.3) is 10.6 Å². The van der Waals surface area contributed by atoms with E-state index in [9.17, 15) is 4.79 Å². The molecule has 2 unspecified atom stereocenters. The van der Waals surface area contributed by atoms with E-state index in [2.05, 4.69) is 10.3 Å². The van der Waals surface area contributed by atoms with Crippen molar-refractivity contribution in [3.8, 4) is 10.6 Å². The van der Waals surface area contributed by atoms with Crippen molar-refractivity contribution in [2.75, 3.05) is 13.1 Å². The van der Waals surface area contributed by atoms with Gasteiger partial charge in [0, 0.05) is 35.8 Å². The van der Waals surface area contributed by atoms with Crippen LogP contribution in [0.4, 0.5) is 0 Å². The number of hydrogen-bond donors (Lipinski definition) is 1. The van der Waals surface area contributed by atoms with E-state index in [1.807, 2.05) is 36.1 Å². The maximum absolute atomic E-state index is 13.0. The molecule has 2 atom stereocenters. The van der Waals surface area contributed by atoms with Crippen LogP contribution in [0.3, 0.4) is 0 Å². The molecule has 26 heavy (non-hydrogen) atoms. The Hall–Kier alpha value is -0.850. The third-order valence-electron chi connectivity index (χ3n) is 4.89. The third kappa shape index (κ3) is 4.34. The minimum Gasteiger partial charge on any atom is -0.336 e. The van der Waals surface area contributed by atoms with Crippen LogP contribution >= 0.6 is 47.8 Å². The molecule has 0 radical (unpaired) electrons. The molecule has 2 aromatic rings. The molecule has 1 amide bonds. The summed E-state index contributed by atoms with van der Waals surface area (Å²) in [5, 5.41) is 5.20. The molecule has 3 heterocycles. The number of thiazole rings is 1. The van der Waals surface area contributed by atoms with E-state index in [-0.39, 0.29) is 30.7 Å². The van der Waals surface area contributed by atoms with Crippen molar-refractivity contribution in [2.45, 2.75) is 38.3 Å². The Morgan fingerprint density at radius 1 is 1.19 bits per heavy atom. The van der Waals surface area contributed by atoms with Gasteiger partial charge in [0.15, 0.2) is 0 Å². The average molecular weight is 435 g/mol. The van der Waals surface area contributed by atoms with Gasteiger partial charge < -0.3 is 10.2 Å². The SMILES string of the molecule is Cc1nc(-c2ccc(Cl)cc2)sc1C(=O)N1CCC2CCC(C1)N2.Cl.Cl. The fraction of sp³-hybridized carbons (Fsp3) is 0.444. The summed E-state index contributed by atoms with van der Waals surface area (Å²) in [6.07, 6.45) is 3.46. The largest absolute Gasteiger partial charge is 0.336 e. The Morgan fingerprint density at radius 2 is 1.88 bits per heavy atom. The molecule has 1 aromatic heterocycles. The predicted octanol–water partition coefficient (Wildman–Crippen LogP) is 4.58. The van der Waals surface area contributed by atoms with E-state index < -0.39 is 0 Å². The van der Waals surface area contributed by atoms with Crippen LogP contribution in [0.2, 0.25) is 5.02 Å². The smallest absolute Gasteiger partial charge is 0.265 e. The van der Waals surface area contributed by atoms with Crippen molar-refractivity contribution in [1.82, 2.24) is 15.2 Å². The summed E-state index contributed by atoms with van der Waals surface area (Å²) in [6.45, 7) is 3.56. The second-order valence-corrected chi connectivity index (χ2v) is 8.05. The molecule has 4 nitrogen and oxygen atoms in total. The zero-order chi connectivity index (χ0) is 16.7. The summed E-state index contributed by atoms with van der Waals surface area (Å²) in [7, 11) is 0. The first-order valence-corrected chi connectivity index (χ1v) is 9.58. The van der Waals surface area contributed by atoms with Crippen LogP contribution in [0.1, 0.15) is 34.6 Å². The van der Waals surface area contributed by atoms with Gasteiger partial charge >= 0.3 is 0 Å². The number of aromatic nitrogens is 1. The van der Waals surface area contributed by atoms with E-state index in [0.717, 1.165) is 40.7 Å². The van der Waals surface area contributed by atoms with Gasteiger partial charge in [-0.2, -0.15) is 0 Å². The lowest BCUT2D eigenvalue weighted by atomic mass is 10.1. The van der Waals surface area contributed by atoms with Crippen molar-refractivity contribution >= 4 is 53.7 Å². The summed E-state index contributed by atoms with van der Waals surface area (Å²) in [6, 6.07) is 8.64. The quantitative estimate of drug-likeness (QED) is 0.752. The lowest BCUT2D eigenvalue weighted by molar-refractivity contribution is 0.0752. The Balaban J connectivity index is 0.00000121. The molecular formula is C18H22Cl3N3OS. The number of nitrogens with one attached hydrogen (secondary N) is 1. The topological polar surface area (TPSA) is 45.2 Å². The highest BCUT2D eigenvalue weighted by Crippen LogP contribution is 2.30. The van der Waals surface area contributed by atoms with Gasteiger partial charge in [0.05, 0.1) is 5.69 Å². The first-order chi connectivity index (χ1) is 11.6. The number of rotatable bonds is 2. The van der Waals surface area contributed by atoms with Crippen LogP contribution in [-0.4, -0.2) is 41.0 Å². The molecule has 2 bridgehead atoms. The molecule has 142 valence electrons. The monoisotopic (exact) mass is 433 g/mol. The Labute approximate surface area is 175 Å². The number of aryl methyl sites for hydroxylation is 1. The van der Waals surface area contributed by atoms with E-state index in [1.54, 1.807) is 0 Å². The van der Waals surface area contributed by atoms with Crippen molar-refractivity contribution in [3.05, 3.63) is 39.9 Å². The van der Waals surface area contributed by atoms with Crippen molar-refractivity contribution in [2.24, 2.45) is 0 Å². The van der Waals surface area contributed by atoms with E-state index in [1.165, 1.54) is 24.2 Å². The zero-order valence-electron chi connectivity index (χ0n) is 14.4. The number of benzene rings is 1. The molecule has 4 rings (SSSR count). The van der Waals surface area contributed by atoms with Gasteiger partial charge in [-0.3, -0.25) is 4.79 Å². The first-order valence-electron chi connectivity index (χ1n) is 8.39. The van der Waals surface area contributed by atoms with Gasteiger partial charge in [0.1, 0.15) is 9.88 Å². The molecule has 2 fully saturated rings. The number of fused-ring (bicyclic) bond motifs is 2. The van der Waals surface area contributed by atoms with Gasteiger partial charge in [-0.15, -0.1) is 36.2 Å². The molecule has 2 aliphatic heterocycles. The van der Waals surface area contributed by atoms with Crippen molar-refractivity contribution in [1.29, 1.82) is 0 Å². The van der Waals surface area contributed by atoms with Crippen LogP contribution in [-0.2, 0) is 0 Å². The van der Waals surface area contributed by atoms with Crippen LogP contribution in [0, 0.1) is 6.92 Å². The number of hydrogen-bond acceptors (Lipinski definition) is 4. The number of carbonyl (C=O) groups is 1. The average Bonchev–Trinajstić information content (AvgIpc) is 3.10. The van der Waals surface area contributed by atoms with Gasteiger partial charge in [0.25, 0.3) is 5.91 Å². The Kier molecular flexibility index (Phi) is 7.34. The molecule has 1 aromatic carbocycles. The number of nitrogens with zero attached hydrogens (tertiary/aromatic N) is 2. The molecule has 8 heteroatoms. The molecule has 2 saturated heterocycles. The van der Waals surface area contributed by atoms with Crippen molar-refractivity contribution in [3.63, 3.8) is 0 Å². The predicted molar refractivity (Wildman–Crippen MR) is 112 cm³/mol. The van der Waals surface area contributed by atoms with Gasteiger partial charge in [-0.05, 0) is 38.3 Å². The lowest BCUT2D eigenvalue weighted by Crippen LogP contribution is -2.39. The van der Waals surface area contributed by atoms with Crippen molar-refractivity contribution < 1.29 is 4.79 Å². The third-order valence-corrected chi connectivity index (χ3v) is 6.34. The van der Waals surface area contributed by atoms with Gasteiger partial charge in [0.2, 0.25) is 0 Å². The fourth-order valence-electron chi connectivity index (χ4n) is 3.58. The van der Waals surface area contributed by atoms with Crippen LogP contribution in [0.15, 0.2) is 24.3 Å². The molecular weight excluding hydrogens is 413 g/mol. The summed E-state index contributed by atoms with van der Waals surface area (Å²) in [4.78, 5) is 20.4. The van der Waals surface area contributed by atoms with E-state index in [0.29, 0.717) is 17.1 Å². The normalized spacial score (nSPS) is 21.5. The number of halogens is 3. The molecule has 1 N–H and O–H groups in total. The number of amides is 1. The highest BCUT2D eigenvalue weighted by molar-refractivity contribution is 7.17. The van der Waals surface area contributed by atoms with E-state index in [4.69, 9.17) is 11.6 Å². The second kappa shape index (κ2) is 8.89. The van der Waals surface area contributed by atoms with Crippen LogP contribution < -0.4 is 5.32 Å². The minimum atomic E-state index is 0. The summed E-state index contributed by atoms with van der Waals surface area (Å²) in [5.41, 5.74) is 1.82. The molecule has 0 saturated carbocycles. The standard InChI is InChI=1S/C18H20ClN3OS.2ClH/c1-11-16(24-17(20-11)12-2-4-13(19)5-3-12)18(23)22-9-8-14-6-7-15(10-22)21-14;;/h2-5,14-15,21H,6-10H2,1H3;2*1H. The Morgan fingerprint density at radius 3 is 2.62 bits per heavy atom. The second-order valence-electron chi connectivity index (χ2n) is 6.62. The zero-order valence-corrected chi connectivity index (χ0v) is 17.6. The summed E-state index contributed by atoms with van der Waals surface area (Å²) >= 11 is 7.43. The minimum absolute atomic E-state index is 0. The molecule has 0 aliphatic carbocycles. The molecule has 0 spiro atoms. The number of carbonyl (C=O) groups excluding carboxylic acids is 1. The lowest BCUT2D eigenvalue weighted by Gasteiger charge is -2.23. The highest BCUT2D eigenvalue weighted by atomic mass is 35.5. The summed E-state index contributed by atoms with van der Waals surface area (Å²) in [5.74, 6) is 0.125. The fourth-order valence-corrected chi connectivity index (χ4v) is 4.75. The van der Waals surface area contributed by atoms with Gasteiger partial charge in [-0.1, -0.05) is 23.7 Å².